The molecule has 0 amide bonds. The second-order valence-corrected chi connectivity index (χ2v) is 4.57. The molecule has 1 unspecified atom stereocenters. The first-order valence-electron chi connectivity index (χ1n) is 6.75. The van der Waals surface area contributed by atoms with Crippen molar-refractivity contribution in [1.29, 1.82) is 0 Å². The lowest BCUT2D eigenvalue weighted by molar-refractivity contribution is 0.151. The van der Waals surface area contributed by atoms with Gasteiger partial charge in [-0.15, -0.1) is 0 Å². The Morgan fingerprint density at radius 1 is 1.12 bits per heavy atom. The maximum atomic E-state index is 9.66. The van der Waals surface area contributed by atoms with E-state index < -0.39 is 0 Å². The lowest BCUT2D eigenvalue weighted by atomic mass is 10.1. The third kappa shape index (κ3) is 7.14. The molecule has 0 aliphatic carbocycles. The van der Waals surface area contributed by atoms with Crippen LogP contribution in [0.5, 0.6) is 0 Å². The lowest BCUT2D eigenvalue weighted by Crippen LogP contribution is -2.22. The topological polar surface area (TPSA) is 32.3 Å². The van der Waals surface area contributed by atoms with Gasteiger partial charge >= 0.3 is 0 Å². The highest BCUT2D eigenvalue weighted by Crippen LogP contribution is 2.03. The summed E-state index contributed by atoms with van der Waals surface area (Å²) in [6, 6.07) is 10.5. The van der Waals surface area contributed by atoms with E-state index in [0.717, 1.165) is 38.8 Å². The largest absolute Gasteiger partial charge is 0.393 e. The first-order chi connectivity index (χ1) is 8.33. The van der Waals surface area contributed by atoms with Gasteiger partial charge in [0.05, 0.1) is 6.10 Å². The molecule has 1 aromatic carbocycles. The highest BCUT2D eigenvalue weighted by Gasteiger charge is 2.02. The average molecular weight is 235 g/mol. The van der Waals surface area contributed by atoms with Crippen LogP contribution in [0.15, 0.2) is 30.3 Å². The van der Waals surface area contributed by atoms with Gasteiger partial charge in [-0.2, -0.15) is 0 Å². The molecule has 0 aliphatic rings. The molecule has 2 nitrogen and oxygen atoms in total. The maximum Gasteiger partial charge on any atom is 0.0552 e. The zero-order chi connectivity index (χ0) is 12.3. The van der Waals surface area contributed by atoms with Crippen LogP contribution in [0.2, 0.25) is 0 Å². The lowest BCUT2D eigenvalue weighted by Gasteiger charge is -2.10. The molecule has 0 saturated heterocycles. The molecule has 0 fully saturated rings. The van der Waals surface area contributed by atoms with Crippen LogP contribution in [-0.4, -0.2) is 24.3 Å². The van der Waals surface area contributed by atoms with E-state index >= 15 is 0 Å². The van der Waals surface area contributed by atoms with Crippen molar-refractivity contribution in [1.82, 2.24) is 5.32 Å². The average Bonchev–Trinajstić information content (AvgIpc) is 2.37. The number of unbranched alkanes of at least 4 members (excludes halogenated alkanes) is 1. The van der Waals surface area contributed by atoms with Crippen LogP contribution in [0, 0.1) is 0 Å². The van der Waals surface area contributed by atoms with E-state index in [1.807, 2.05) is 6.07 Å². The number of aliphatic hydroxyl groups is 1. The number of aliphatic hydroxyl groups excluding tert-OH is 1. The highest BCUT2D eigenvalue weighted by atomic mass is 16.3. The smallest absolute Gasteiger partial charge is 0.0552 e. The van der Waals surface area contributed by atoms with Crippen molar-refractivity contribution in [2.45, 2.75) is 45.1 Å². The number of nitrogens with one attached hydrogen (secondary N) is 1. The minimum absolute atomic E-state index is 0.126. The number of benzene rings is 1. The number of hydrogen-bond acceptors (Lipinski definition) is 2. The van der Waals surface area contributed by atoms with Gasteiger partial charge in [-0.05, 0) is 37.9 Å². The monoisotopic (exact) mass is 235 g/mol. The van der Waals surface area contributed by atoms with Gasteiger partial charge in [-0.25, -0.2) is 0 Å². The molecule has 1 atom stereocenters. The molecule has 1 rings (SSSR count). The van der Waals surface area contributed by atoms with Gasteiger partial charge in [0.2, 0.25) is 0 Å². The van der Waals surface area contributed by atoms with Gasteiger partial charge in [0.1, 0.15) is 0 Å². The standard InChI is InChI=1S/C15H25NO/c1-2-3-9-15(17)11-13-16-12-10-14-7-5-4-6-8-14/h4-8,15-17H,2-3,9-13H2,1H3. The van der Waals surface area contributed by atoms with Gasteiger partial charge < -0.3 is 10.4 Å². The van der Waals surface area contributed by atoms with E-state index in [2.05, 4.69) is 36.5 Å². The van der Waals surface area contributed by atoms with Gasteiger partial charge in [0, 0.05) is 0 Å². The second-order valence-electron chi connectivity index (χ2n) is 4.57. The van der Waals surface area contributed by atoms with Crippen molar-refractivity contribution < 1.29 is 5.11 Å². The van der Waals surface area contributed by atoms with Crippen LogP contribution in [-0.2, 0) is 6.42 Å². The van der Waals surface area contributed by atoms with Crippen LogP contribution < -0.4 is 5.32 Å². The zero-order valence-electron chi connectivity index (χ0n) is 10.9. The summed E-state index contributed by atoms with van der Waals surface area (Å²) in [4.78, 5) is 0. The number of hydrogen-bond donors (Lipinski definition) is 2. The summed E-state index contributed by atoms with van der Waals surface area (Å²) in [5, 5.41) is 13.0. The molecule has 0 saturated carbocycles. The van der Waals surface area contributed by atoms with Crippen molar-refractivity contribution in [3.63, 3.8) is 0 Å². The van der Waals surface area contributed by atoms with Gasteiger partial charge in [0.25, 0.3) is 0 Å². The van der Waals surface area contributed by atoms with Gasteiger partial charge in [-0.3, -0.25) is 0 Å². The van der Waals surface area contributed by atoms with Crippen molar-refractivity contribution in [2.24, 2.45) is 0 Å². The summed E-state index contributed by atoms with van der Waals surface area (Å²) in [7, 11) is 0. The zero-order valence-corrected chi connectivity index (χ0v) is 10.9. The third-order valence-corrected chi connectivity index (χ3v) is 2.98. The third-order valence-electron chi connectivity index (χ3n) is 2.98. The minimum Gasteiger partial charge on any atom is -0.393 e. The van der Waals surface area contributed by atoms with E-state index in [0.29, 0.717) is 0 Å². The quantitative estimate of drug-likeness (QED) is 0.645. The Morgan fingerprint density at radius 3 is 2.59 bits per heavy atom. The van der Waals surface area contributed by atoms with Crippen molar-refractivity contribution in [2.75, 3.05) is 13.1 Å². The molecular weight excluding hydrogens is 210 g/mol. The van der Waals surface area contributed by atoms with Crippen LogP contribution >= 0.6 is 0 Å². The molecule has 17 heavy (non-hydrogen) atoms. The summed E-state index contributed by atoms with van der Waals surface area (Å²) >= 11 is 0. The van der Waals surface area contributed by atoms with Crippen LogP contribution in [0.4, 0.5) is 0 Å². The fourth-order valence-electron chi connectivity index (χ4n) is 1.86. The summed E-state index contributed by atoms with van der Waals surface area (Å²) < 4.78 is 0. The van der Waals surface area contributed by atoms with E-state index in [-0.39, 0.29) is 6.10 Å². The van der Waals surface area contributed by atoms with Gasteiger partial charge in [0.15, 0.2) is 0 Å². The Hall–Kier alpha value is -0.860. The molecule has 0 radical (unpaired) electrons. The van der Waals surface area contributed by atoms with Crippen molar-refractivity contribution in [3.05, 3.63) is 35.9 Å². The Labute approximate surface area is 105 Å². The van der Waals surface area contributed by atoms with Crippen LogP contribution in [0.1, 0.15) is 38.2 Å². The van der Waals surface area contributed by atoms with E-state index in [9.17, 15) is 5.11 Å². The summed E-state index contributed by atoms with van der Waals surface area (Å²) in [5.74, 6) is 0. The van der Waals surface area contributed by atoms with Crippen LogP contribution in [0.3, 0.4) is 0 Å². The fraction of sp³-hybridized carbons (Fsp3) is 0.600. The Kier molecular flexibility index (Phi) is 7.69. The molecule has 0 heterocycles. The van der Waals surface area contributed by atoms with Crippen molar-refractivity contribution >= 4 is 0 Å². The van der Waals surface area contributed by atoms with Gasteiger partial charge in [-0.1, -0.05) is 50.1 Å². The molecule has 0 bridgehead atoms. The van der Waals surface area contributed by atoms with Crippen molar-refractivity contribution in [3.8, 4) is 0 Å². The molecule has 2 N–H and O–H groups in total. The Morgan fingerprint density at radius 2 is 1.88 bits per heavy atom. The first kappa shape index (κ1) is 14.2. The molecule has 2 heteroatoms. The Balaban J connectivity index is 1.97. The normalized spacial score (nSPS) is 12.6. The minimum atomic E-state index is -0.126. The van der Waals surface area contributed by atoms with E-state index in [4.69, 9.17) is 0 Å². The molecule has 96 valence electrons. The Bertz CT molecular complexity index is 274. The molecular formula is C15H25NO. The molecule has 0 aromatic heterocycles. The predicted molar refractivity (Wildman–Crippen MR) is 73.2 cm³/mol. The predicted octanol–water partition coefficient (Wildman–Crippen LogP) is 2.76. The summed E-state index contributed by atoms with van der Waals surface area (Å²) in [5.41, 5.74) is 1.37. The molecule has 1 aromatic rings. The summed E-state index contributed by atoms with van der Waals surface area (Å²) in [6.45, 7) is 4.06. The van der Waals surface area contributed by atoms with E-state index in [1.165, 1.54) is 12.0 Å². The molecule has 0 aliphatic heterocycles. The number of rotatable bonds is 9. The fourth-order valence-corrected chi connectivity index (χ4v) is 1.86. The van der Waals surface area contributed by atoms with E-state index in [1.54, 1.807) is 0 Å². The second kappa shape index (κ2) is 9.20. The summed E-state index contributed by atoms with van der Waals surface area (Å²) in [6.07, 6.45) is 5.04. The maximum absolute atomic E-state index is 9.66. The SMILES string of the molecule is CCCCC(O)CCNCCc1ccccc1. The highest BCUT2D eigenvalue weighted by molar-refractivity contribution is 5.14. The molecule has 0 spiro atoms. The first-order valence-corrected chi connectivity index (χ1v) is 6.75. The van der Waals surface area contributed by atoms with Crippen LogP contribution in [0.25, 0.3) is 0 Å².